The van der Waals surface area contributed by atoms with Crippen molar-refractivity contribution >= 4 is 39.0 Å². The van der Waals surface area contributed by atoms with Crippen LogP contribution in [0.5, 0.6) is 5.75 Å². The Labute approximate surface area is 163 Å². The molecule has 0 aliphatic rings. The van der Waals surface area contributed by atoms with Gasteiger partial charge in [-0.1, -0.05) is 17.7 Å². The number of amides is 1. The Morgan fingerprint density at radius 1 is 1.19 bits per heavy atom. The van der Waals surface area contributed by atoms with Gasteiger partial charge in [0.1, 0.15) is 5.75 Å². The summed E-state index contributed by atoms with van der Waals surface area (Å²) < 4.78 is 36.5. The summed E-state index contributed by atoms with van der Waals surface area (Å²) in [6, 6.07) is 10.9. The lowest BCUT2D eigenvalue weighted by Gasteiger charge is -2.21. The maximum absolute atomic E-state index is 12.1. The van der Waals surface area contributed by atoms with Crippen molar-refractivity contribution in [3.05, 3.63) is 47.5 Å². The predicted molar refractivity (Wildman–Crippen MR) is 105 cm³/mol. The fourth-order valence-electron chi connectivity index (χ4n) is 2.47. The Morgan fingerprint density at radius 2 is 1.89 bits per heavy atom. The number of nitrogens with one attached hydrogen (secondary N) is 1. The molecule has 2 N–H and O–H groups in total. The molecule has 9 heteroatoms. The number of benzene rings is 2. The minimum absolute atomic E-state index is 0.0264. The molecule has 0 radical (unpaired) electrons. The third-order valence-electron chi connectivity index (χ3n) is 3.82. The van der Waals surface area contributed by atoms with Crippen LogP contribution < -0.4 is 15.0 Å². The molecular formula is C18H21ClN2O5S. The van der Waals surface area contributed by atoms with Crippen LogP contribution in [0.3, 0.4) is 0 Å². The summed E-state index contributed by atoms with van der Waals surface area (Å²) in [5.74, 6) is -0.252. The van der Waals surface area contributed by atoms with E-state index in [0.717, 1.165) is 30.9 Å². The SMILES string of the molecule is CCN(CC)c1cccc(NC(=O)COc2ccc(S(=O)(=O)O)cc2Cl)c1. The first-order valence-electron chi connectivity index (χ1n) is 8.29. The molecule has 0 bridgehead atoms. The fourth-order valence-corrected chi connectivity index (χ4v) is 3.28. The van der Waals surface area contributed by atoms with E-state index in [2.05, 4.69) is 24.1 Å². The van der Waals surface area contributed by atoms with Crippen LogP contribution in [-0.2, 0) is 14.9 Å². The highest BCUT2D eigenvalue weighted by Crippen LogP contribution is 2.27. The first-order valence-corrected chi connectivity index (χ1v) is 10.1. The molecule has 146 valence electrons. The number of ether oxygens (including phenoxy) is 1. The first-order chi connectivity index (χ1) is 12.7. The normalized spacial score (nSPS) is 11.1. The van der Waals surface area contributed by atoms with Gasteiger partial charge in [-0.25, -0.2) is 0 Å². The highest BCUT2D eigenvalue weighted by Gasteiger charge is 2.13. The minimum Gasteiger partial charge on any atom is -0.482 e. The monoisotopic (exact) mass is 412 g/mol. The molecule has 0 aliphatic carbocycles. The molecule has 0 saturated carbocycles. The van der Waals surface area contributed by atoms with Crippen molar-refractivity contribution in [1.82, 2.24) is 0 Å². The number of hydrogen-bond acceptors (Lipinski definition) is 5. The van der Waals surface area contributed by atoms with Crippen LogP contribution in [-0.4, -0.2) is 38.6 Å². The summed E-state index contributed by atoms with van der Waals surface area (Å²) >= 11 is 5.93. The predicted octanol–water partition coefficient (Wildman–Crippen LogP) is 3.45. The lowest BCUT2D eigenvalue weighted by atomic mass is 10.2. The van der Waals surface area contributed by atoms with Crippen LogP contribution in [0.4, 0.5) is 11.4 Å². The van der Waals surface area contributed by atoms with E-state index in [0.29, 0.717) is 5.69 Å². The highest BCUT2D eigenvalue weighted by atomic mass is 35.5. The number of carbonyl (C=O) groups excluding carboxylic acids is 1. The van der Waals surface area contributed by atoms with E-state index in [1.54, 1.807) is 6.07 Å². The summed E-state index contributed by atoms with van der Waals surface area (Å²) in [4.78, 5) is 13.9. The van der Waals surface area contributed by atoms with Crippen LogP contribution in [0.25, 0.3) is 0 Å². The second-order valence-corrected chi connectivity index (χ2v) is 7.46. The molecule has 2 aromatic rings. The minimum atomic E-state index is -4.35. The van der Waals surface area contributed by atoms with E-state index in [9.17, 15) is 13.2 Å². The summed E-state index contributed by atoms with van der Waals surface area (Å²) in [7, 11) is -4.35. The van der Waals surface area contributed by atoms with E-state index in [4.69, 9.17) is 20.9 Å². The third kappa shape index (κ3) is 5.85. The van der Waals surface area contributed by atoms with Crippen LogP contribution in [0, 0.1) is 0 Å². The van der Waals surface area contributed by atoms with Gasteiger partial charge in [0.05, 0.1) is 9.92 Å². The maximum Gasteiger partial charge on any atom is 0.294 e. The first kappa shape index (κ1) is 21.0. The van der Waals surface area contributed by atoms with E-state index < -0.39 is 10.1 Å². The Kier molecular flexibility index (Phi) is 7.06. The zero-order valence-corrected chi connectivity index (χ0v) is 16.5. The van der Waals surface area contributed by atoms with Gasteiger partial charge in [0, 0.05) is 24.5 Å². The molecule has 0 aliphatic heterocycles. The smallest absolute Gasteiger partial charge is 0.294 e. The Morgan fingerprint density at radius 3 is 2.48 bits per heavy atom. The second kappa shape index (κ2) is 9.07. The number of carbonyl (C=O) groups is 1. The number of halogens is 1. The average molecular weight is 413 g/mol. The molecule has 2 aromatic carbocycles. The van der Waals surface area contributed by atoms with Gasteiger partial charge in [0.25, 0.3) is 16.0 Å². The van der Waals surface area contributed by atoms with Crippen molar-refractivity contribution < 1.29 is 22.5 Å². The van der Waals surface area contributed by atoms with Crippen LogP contribution >= 0.6 is 11.6 Å². The number of anilines is 2. The zero-order valence-electron chi connectivity index (χ0n) is 15.0. The summed E-state index contributed by atoms with van der Waals surface area (Å²) in [5, 5.41) is 2.71. The highest BCUT2D eigenvalue weighted by molar-refractivity contribution is 7.85. The third-order valence-corrected chi connectivity index (χ3v) is 4.96. The Bertz CT molecular complexity index is 914. The van der Waals surface area contributed by atoms with Crippen molar-refractivity contribution in [2.45, 2.75) is 18.7 Å². The van der Waals surface area contributed by atoms with Gasteiger partial charge in [-0.2, -0.15) is 8.42 Å². The Balaban J connectivity index is 2.00. The van der Waals surface area contributed by atoms with Gasteiger partial charge in [-0.05, 0) is 50.2 Å². The lowest BCUT2D eigenvalue weighted by Crippen LogP contribution is -2.23. The average Bonchev–Trinajstić information content (AvgIpc) is 2.61. The molecule has 0 unspecified atom stereocenters. The summed E-state index contributed by atoms with van der Waals surface area (Å²) in [6.07, 6.45) is 0. The molecule has 0 heterocycles. The van der Waals surface area contributed by atoms with Crippen LogP contribution in [0.1, 0.15) is 13.8 Å². The van der Waals surface area contributed by atoms with Gasteiger partial charge in [-0.3, -0.25) is 9.35 Å². The molecule has 0 aromatic heterocycles. The lowest BCUT2D eigenvalue weighted by molar-refractivity contribution is -0.118. The molecule has 0 fully saturated rings. The Hall–Kier alpha value is -2.29. The number of rotatable bonds is 8. The van der Waals surface area contributed by atoms with Crippen molar-refractivity contribution in [3.63, 3.8) is 0 Å². The second-order valence-electron chi connectivity index (χ2n) is 5.63. The van der Waals surface area contributed by atoms with Gasteiger partial charge < -0.3 is 15.0 Å². The van der Waals surface area contributed by atoms with Crippen molar-refractivity contribution in [2.24, 2.45) is 0 Å². The topological polar surface area (TPSA) is 95.9 Å². The van der Waals surface area contributed by atoms with Gasteiger partial charge in [0.2, 0.25) is 0 Å². The molecule has 0 atom stereocenters. The molecule has 7 nitrogen and oxygen atoms in total. The van der Waals surface area contributed by atoms with Crippen molar-refractivity contribution in [2.75, 3.05) is 29.9 Å². The van der Waals surface area contributed by atoms with Crippen LogP contribution in [0.15, 0.2) is 47.4 Å². The standard InChI is InChI=1S/C18H21ClN2O5S/c1-3-21(4-2)14-7-5-6-13(10-14)20-18(22)12-26-17-9-8-15(11-16(17)19)27(23,24)25/h5-11H,3-4,12H2,1-2H3,(H,20,22)(H,23,24,25). The summed E-state index contributed by atoms with van der Waals surface area (Å²) in [6.45, 7) is 5.52. The fraction of sp³-hybridized carbons (Fsp3) is 0.278. The van der Waals surface area contributed by atoms with Crippen LogP contribution in [0.2, 0.25) is 5.02 Å². The van der Waals surface area contributed by atoms with Crippen molar-refractivity contribution in [1.29, 1.82) is 0 Å². The number of nitrogens with zero attached hydrogens (tertiary/aromatic N) is 1. The quantitative estimate of drug-likeness (QED) is 0.644. The van der Waals surface area contributed by atoms with Gasteiger partial charge in [0.15, 0.2) is 6.61 Å². The molecule has 27 heavy (non-hydrogen) atoms. The molecule has 0 saturated heterocycles. The van der Waals surface area contributed by atoms with Gasteiger partial charge >= 0.3 is 0 Å². The van der Waals surface area contributed by atoms with E-state index in [1.807, 2.05) is 18.2 Å². The molecular weight excluding hydrogens is 392 g/mol. The summed E-state index contributed by atoms with van der Waals surface area (Å²) in [5.41, 5.74) is 1.64. The molecule has 0 spiro atoms. The van der Waals surface area contributed by atoms with Gasteiger partial charge in [-0.15, -0.1) is 0 Å². The van der Waals surface area contributed by atoms with E-state index >= 15 is 0 Å². The molecule has 2 rings (SSSR count). The van der Waals surface area contributed by atoms with E-state index in [-0.39, 0.29) is 28.2 Å². The molecule has 1 amide bonds. The number of hydrogen-bond donors (Lipinski definition) is 2. The zero-order chi connectivity index (χ0) is 20.0. The van der Waals surface area contributed by atoms with Crippen molar-refractivity contribution in [3.8, 4) is 5.75 Å². The maximum atomic E-state index is 12.1. The largest absolute Gasteiger partial charge is 0.482 e. The van der Waals surface area contributed by atoms with E-state index in [1.165, 1.54) is 6.07 Å².